The highest BCUT2D eigenvalue weighted by molar-refractivity contribution is 7.99. The molecule has 1 unspecified atom stereocenters. The zero-order valence-corrected chi connectivity index (χ0v) is 27.6. The molecule has 1 aliphatic rings. The summed E-state index contributed by atoms with van der Waals surface area (Å²) in [5.74, 6) is -0.140. The van der Waals surface area contributed by atoms with Crippen molar-refractivity contribution in [2.45, 2.75) is 17.7 Å². The Morgan fingerprint density at radius 1 is 0.792 bits per heavy atom. The molecule has 242 valence electrons. The Hall–Kier alpha value is -5.04. The highest BCUT2D eigenvalue weighted by Crippen LogP contribution is 2.29. The molecule has 7 rings (SSSR count). The van der Waals surface area contributed by atoms with Gasteiger partial charge < -0.3 is 15.5 Å². The fourth-order valence-corrected chi connectivity index (χ4v) is 7.65. The Morgan fingerprint density at radius 3 is 2.23 bits per heavy atom. The minimum absolute atomic E-state index is 0.0597. The van der Waals surface area contributed by atoms with E-state index in [2.05, 4.69) is 25.7 Å². The molecule has 2 aromatic heterocycles. The van der Waals surface area contributed by atoms with Gasteiger partial charge in [0.15, 0.2) is 5.16 Å². The monoisotopic (exact) mass is 675 g/mol. The number of hydrogen-bond acceptors (Lipinski definition) is 8. The highest BCUT2D eigenvalue weighted by atomic mass is 32.2. The summed E-state index contributed by atoms with van der Waals surface area (Å²) in [5, 5.41) is 15.2. The number of amides is 3. The molecule has 0 bridgehead atoms. The molecule has 0 saturated carbocycles. The van der Waals surface area contributed by atoms with Crippen molar-refractivity contribution in [1.29, 1.82) is 0 Å². The number of para-hydroxylation sites is 1. The summed E-state index contributed by atoms with van der Waals surface area (Å²) in [6.45, 7) is 2.58. The highest BCUT2D eigenvalue weighted by Gasteiger charge is 2.32. The van der Waals surface area contributed by atoms with Gasteiger partial charge in [0.2, 0.25) is 16.8 Å². The van der Waals surface area contributed by atoms with E-state index in [1.807, 2.05) is 94.2 Å². The molecule has 2 N–H and O–H groups in total. The number of carbonyl (C=O) groups excluding carboxylic acids is 3. The van der Waals surface area contributed by atoms with Crippen LogP contribution in [0.25, 0.3) is 15.2 Å². The van der Waals surface area contributed by atoms with Crippen LogP contribution in [0.4, 0.5) is 5.69 Å². The van der Waals surface area contributed by atoms with Crippen LogP contribution in [0.1, 0.15) is 27.5 Å². The van der Waals surface area contributed by atoms with Gasteiger partial charge in [0.25, 0.3) is 5.91 Å². The van der Waals surface area contributed by atoms with Crippen molar-refractivity contribution in [1.82, 2.24) is 29.7 Å². The number of piperazine rings is 1. The lowest BCUT2D eigenvalue weighted by Gasteiger charge is -2.38. The summed E-state index contributed by atoms with van der Waals surface area (Å²) in [7, 11) is 0. The summed E-state index contributed by atoms with van der Waals surface area (Å²) in [6, 6.07) is 34.2. The fraction of sp³-hybridized carbons (Fsp3) is 0.194. The van der Waals surface area contributed by atoms with Gasteiger partial charge in [-0.2, -0.15) is 0 Å². The van der Waals surface area contributed by atoms with Gasteiger partial charge in [-0.1, -0.05) is 95.9 Å². The molecule has 12 heteroatoms. The lowest BCUT2D eigenvalue weighted by atomic mass is 10.0. The number of benzene rings is 4. The molecule has 6 aromatic rings. The lowest BCUT2D eigenvalue weighted by molar-refractivity contribution is -0.127. The third-order valence-electron chi connectivity index (χ3n) is 8.30. The first-order valence-electron chi connectivity index (χ1n) is 15.7. The van der Waals surface area contributed by atoms with Crippen molar-refractivity contribution >= 4 is 61.7 Å². The molecule has 3 heterocycles. The normalized spacial score (nSPS) is 14.2. The quantitative estimate of drug-likeness (QED) is 0.185. The molecule has 48 heavy (non-hydrogen) atoms. The minimum atomic E-state index is -0.450. The van der Waals surface area contributed by atoms with Gasteiger partial charge in [-0.15, -0.1) is 10.2 Å². The van der Waals surface area contributed by atoms with Crippen LogP contribution < -0.4 is 10.6 Å². The third-order valence-corrected chi connectivity index (χ3v) is 10.2. The number of rotatable bonds is 10. The van der Waals surface area contributed by atoms with Gasteiger partial charge in [0.05, 0.1) is 16.0 Å². The zero-order chi connectivity index (χ0) is 32.9. The molecule has 10 nitrogen and oxygen atoms in total. The van der Waals surface area contributed by atoms with E-state index < -0.39 is 6.04 Å². The summed E-state index contributed by atoms with van der Waals surface area (Å²) in [4.78, 5) is 44.4. The van der Waals surface area contributed by atoms with E-state index in [1.54, 1.807) is 35.6 Å². The van der Waals surface area contributed by atoms with Gasteiger partial charge in [-0.05, 0) is 47.5 Å². The molecular weight excluding hydrogens is 643 g/mol. The first kappa shape index (κ1) is 31.6. The van der Waals surface area contributed by atoms with Crippen LogP contribution in [0, 0.1) is 0 Å². The van der Waals surface area contributed by atoms with E-state index >= 15 is 0 Å². The summed E-state index contributed by atoms with van der Waals surface area (Å²) >= 11 is 2.89. The van der Waals surface area contributed by atoms with E-state index in [-0.39, 0.29) is 23.5 Å². The molecule has 0 aliphatic carbocycles. The smallest absolute Gasteiger partial charge is 0.253 e. The molecule has 1 fully saturated rings. The van der Waals surface area contributed by atoms with Crippen LogP contribution in [0.3, 0.4) is 0 Å². The van der Waals surface area contributed by atoms with Gasteiger partial charge >= 0.3 is 0 Å². The van der Waals surface area contributed by atoms with Gasteiger partial charge in [0, 0.05) is 44.0 Å². The number of hydrogen-bond donors (Lipinski definition) is 2. The van der Waals surface area contributed by atoms with Crippen molar-refractivity contribution in [2.75, 3.05) is 37.2 Å². The van der Waals surface area contributed by atoms with E-state index in [9.17, 15) is 14.4 Å². The molecule has 1 atom stereocenters. The maximum atomic E-state index is 13.5. The largest absolute Gasteiger partial charge is 0.350 e. The molecular formula is C36H33N7O3S2. The minimum Gasteiger partial charge on any atom is -0.350 e. The number of nitrogens with zero attached hydrogens (tertiary/aromatic N) is 5. The topological polar surface area (TPSA) is 112 Å². The Bertz CT molecular complexity index is 2040. The molecule has 4 aromatic carbocycles. The average Bonchev–Trinajstić information content (AvgIpc) is 3.71. The van der Waals surface area contributed by atoms with Crippen LogP contribution in [-0.2, 0) is 16.1 Å². The fourth-order valence-electron chi connectivity index (χ4n) is 5.88. The van der Waals surface area contributed by atoms with Crippen molar-refractivity contribution in [3.05, 3.63) is 126 Å². The van der Waals surface area contributed by atoms with E-state index in [0.717, 1.165) is 26.3 Å². The van der Waals surface area contributed by atoms with Gasteiger partial charge in [-0.25, -0.2) is 0 Å². The standard InChI is InChI=1S/C36H33N7O3S2/c44-31(24-47-35-39-40-36-43(35)29-13-7-8-14-30(29)48-36)38-28-17-15-27(16-18-28)34(46)42-21-19-41(20-22-42)32(26-11-5-2-6-12-26)33(45)37-23-25-9-3-1-4-10-25/h1-18,32H,19-24H2,(H,37,45)(H,38,44). The Morgan fingerprint density at radius 2 is 1.48 bits per heavy atom. The lowest BCUT2D eigenvalue weighted by Crippen LogP contribution is -2.52. The summed E-state index contributed by atoms with van der Waals surface area (Å²) < 4.78 is 3.09. The van der Waals surface area contributed by atoms with Crippen molar-refractivity contribution in [2.24, 2.45) is 0 Å². The van der Waals surface area contributed by atoms with Gasteiger partial charge in [-0.3, -0.25) is 23.7 Å². The second kappa shape index (κ2) is 14.4. The van der Waals surface area contributed by atoms with Crippen LogP contribution in [0.15, 0.2) is 114 Å². The number of thiazole rings is 1. The number of anilines is 1. The zero-order valence-electron chi connectivity index (χ0n) is 26.0. The maximum absolute atomic E-state index is 13.5. The number of nitrogens with one attached hydrogen (secondary N) is 2. The molecule has 1 saturated heterocycles. The third kappa shape index (κ3) is 6.96. The van der Waals surface area contributed by atoms with Crippen LogP contribution in [0.2, 0.25) is 0 Å². The molecule has 1 aliphatic heterocycles. The molecule has 0 spiro atoms. The van der Waals surface area contributed by atoms with Gasteiger partial charge in [0.1, 0.15) is 6.04 Å². The Kier molecular flexibility index (Phi) is 9.46. The van der Waals surface area contributed by atoms with Crippen molar-refractivity contribution in [3.63, 3.8) is 0 Å². The van der Waals surface area contributed by atoms with Crippen LogP contribution >= 0.6 is 23.1 Å². The van der Waals surface area contributed by atoms with Crippen molar-refractivity contribution < 1.29 is 14.4 Å². The number of aromatic nitrogens is 3. The van der Waals surface area contributed by atoms with Crippen LogP contribution in [-0.4, -0.2) is 74.1 Å². The second-order valence-corrected chi connectivity index (χ2v) is 13.4. The summed E-state index contributed by atoms with van der Waals surface area (Å²) in [6.07, 6.45) is 0. The van der Waals surface area contributed by atoms with E-state index in [0.29, 0.717) is 49.1 Å². The Balaban J connectivity index is 0.928. The average molecular weight is 676 g/mol. The van der Waals surface area contributed by atoms with Crippen LogP contribution in [0.5, 0.6) is 0 Å². The first-order chi connectivity index (χ1) is 23.5. The van der Waals surface area contributed by atoms with E-state index in [4.69, 9.17) is 0 Å². The molecule has 0 radical (unpaired) electrons. The number of thioether (sulfide) groups is 1. The summed E-state index contributed by atoms with van der Waals surface area (Å²) in [5.41, 5.74) is 4.15. The second-order valence-electron chi connectivity index (χ2n) is 11.4. The Labute approximate surface area is 285 Å². The maximum Gasteiger partial charge on any atom is 0.253 e. The number of carbonyl (C=O) groups is 3. The molecule has 3 amide bonds. The van der Waals surface area contributed by atoms with E-state index in [1.165, 1.54) is 11.8 Å². The van der Waals surface area contributed by atoms with Crippen molar-refractivity contribution in [3.8, 4) is 0 Å². The number of fused-ring (bicyclic) bond motifs is 3. The predicted octanol–water partition coefficient (Wildman–Crippen LogP) is 5.49. The first-order valence-corrected chi connectivity index (χ1v) is 17.5. The SMILES string of the molecule is O=C(CSc1nnc2sc3ccccc3n12)Nc1ccc(C(=O)N2CCN(C(C(=O)NCc3ccccc3)c3ccccc3)CC2)cc1. The predicted molar refractivity (Wildman–Crippen MR) is 189 cm³/mol.